The Hall–Kier alpha value is -3.08. The lowest BCUT2D eigenvalue weighted by Crippen LogP contribution is -2.55. The highest BCUT2D eigenvalue weighted by atomic mass is 16.6. The zero-order valence-corrected chi connectivity index (χ0v) is 23.4. The Bertz CT molecular complexity index is 928. The fourth-order valence-corrected chi connectivity index (χ4v) is 4.14. The number of benzene rings is 1. The number of alkyl carbamates (subject to hydrolysis) is 1. The van der Waals surface area contributed by atoms with Crippen molar-refractivity contribution in [3.05, 3.63) is 34.9 Å². The van der Waals surface area contributed by atoms with Crippen LogP contribution in [0, 0.1) is 31.1 Å². The minimum atomic E-state index is -1.03. The summed E-state index contributed by atoms with van der Waals surface area (Å²) < 4.78 is 5.39. The summed E-state index contributed by atoms with van der Waals surface area (Å²) in [6.45, 7) is 16.5. The summed E-state index contributed by atoms with van der Waals surface area (Å²) in [5.74, 6) is -1.11. The highest BCUT2D eigenvalue weighted by Crippen LogP contribution is 2.26. The molecule has 0 radical (unpaired) electrons. The van der Waals surface area contributed by atoms with Crippen LogP contribution in [0.1, 0.15) is 90.5 Å². The summed E-state index contributed by atoms with van der Waals surface area (Å²) in [5.41, 5.74) is 1.77. The molecular formula is C28H44N4O4. The molecule has 1 aromatic carbocycles. The van der Waals surface area contributed by atoms with E-state index in [2.05, 4.69) is 10.6 Å². The normalized spacial score (nSPS) is 14.6. The number of aryl methyl sites for hydroxylation is 2. The molecule has 3 amide bonds. The number of hydrogen-bond acceptors (Lipinski definition) is 5. The topological polar surface area (TPSA) is 112 Å². The van der Waals surface area contributed by atoms with Crippen LogP contribution in [-0.2, 0) is 14.3 Å². The van der Waals surface area contributed by atoms with Gasteiger partial charge in [-0.3, -0.25) is 9.59 Å². The van der Waals surface area contributed by atoms with Crippen LogP contribution < -0.4 is 10.6 Å². The van der Waals surface area contributed by atoms with Crippen molar-refractivity contribution in [2.24, 2.45) is 5.92 Å². The van der Waals surface area contributed by atoms with E-state index < -0.39 is 29.7 Å². The van der Waals surface area contributed by atoms with Crippen LogP contribution in [-0.4, -0.2) is 47.0 Å². The van der Waals surface area contributed by atoms with E-state index in [0.29, 0.717) is 12.0 Å². The molecular weight excluding hydrogens is 456 g/mol. The van der Waals surface area contributed by atoms with Gasteiger partial charge in [0.1, 0.15) is 24.2 Å². The molecule has 8 heteroatoms. The standard InChI is InChI=1S/C28H44N4O4/c1-10-12-21(6)30-25(33)24(22-16-18(3)15-19(4)17-22)32(14-13-29)26(34)23(20(5)11-2)31-27(35)36-28(7,8)9/h15-17,20-21,23-24H,10-12,14H2,1-9H3,(H,30,33)(H,31,35). The summed E-state index contributed by atoms with van der Waals surface area (Å²) >= 11 is 0. The van der Waals surface area contributed by atoms with E-state index in [1.807, 2.05) is 65.8 Å². The zero-order chi connectivity index (χ0) is 27.6. The number of nitrogens with one attached hydrogen (secondary N) is 2. The minimum absolute atomic E-state index is 0.0970. The van der Waals surface area contributed by atoms with E-state index in [1.165, 1.54) is 4.90 Å². The summed E-state index contributed by atoms with van der Waals surface area (Å²) in [7, 11) is 0. The van der Waals surface area contributed by atoms with Gasteiger partial charge in [0, 0.05) is 6.04 Å². The van der Waals surface area contributed by atoms with Gasteiger partial charge >= 0.3 is 6.09 Å². The largest absolute Gasteiger partial charge is 0.444 e. The lowest BCUT2D eigenvalue weighted by Gasteiger charge is -2.35. The van der Waals surface area contributed by atoms with Gasteiger partial charge in [0.25, 0.3) is 0 Å². The van der Waals surface area contributed by atoms with Crippen LogP contribution >= 0.6 is 0 Å². The molecule has 0 heterocycles. The molecule has 0 aliphatic heterocycles. The molecule has 0 saturated carbocycles. The molecule has 36 heavy (non-hydrogen) atoms. The van der Waals surface area contributed by atoms with Crippen molar-refractivity contribution in [1.82, 2.24) is 15.5 Å². The molecule has 8 nitrogen and oxygen atoms in total. The first-order chi connectivity index (χ1) is 16.7. The molecule has 1 rings (SSSR count). The van der Waals surface area contributed by atoms with Crippen molar-refractivity contribution < 1.29 is 19.1 Å². The lowest BCUT2D eigenvalue weighted by molar-refractivity contribution is -0.143. The molecule has 0 aliphatic carbocycles. The van der Waals surface area contributed by atoms with E-state index in [1.54, 1.807) is 20.8 Å². The predicted molar refractivity (Wildman–Crippen MR) is 141 cm³/mol. The number of nitriles is 1. The van der Waals surface area contributed by atoms with Gasteiger partial charge in [-0.15, -0.1) is 0 Å². The highest BCUT2D eigenvalue weighted by molar-refractivity contribution is 5.92. The molecule has 0 saturated heterocycles. The van der Waals surface area contributed by atoms with E-state index >= 15 is 0 Å². The molecule has 0 fully saturated rings. The first-order valence-corrected chi connectivity index (χ1v) is 12.8. The van der Waals surface area contributed by atoms with E-state index in [0.717, 1.165) is 24.0 Å². The average Bonchev–Trinajstić information content (AvgIpc) is 2.74. The number of carbonyl (C=O) groups excluding carboxylic acids is 3. The van der Waals surface area contributed by atoms with Crippen LogP contribution in [0.25, 0.3) is 0 Å². The van der Waals surface area contributed by atoms with E-state index in [9.17, 15) is 19.6 Å². The number of hydrogen-bond donors (Lipinski definition) is 2. The highest BCUT2D eigenvalue weighted by Gasteiger charge is 2.38. The Morgan fingerprint density at radius 3 is 2.11 bits per heavy atom. The number of nitrogens with zero attached hydrogens (tertiary/aromatic N) is 2. The second kappa shape index (κ2) is 13.9. The molecule has 4 unspecified atom stereocenters. The molecule has 0 aromatic heterocycles. The Kier molecular flexibility index (Phi) is 11.9. The number of rotatable bonds is 11. The van der Waals surface area contributed by atoms with Crippen LogP contribution in [0.5, 0.6) is 0 Å². The summed E-state index contributed by atoms with van der Waals surface area (Å²) in [6, 6.07) is 5.66. The molecule has 4 atom stereocenters. The summed E-state index contributed by atoms with van der Waals surface area (Å²) in [5, 5.41) is 15.4. The van der Waals surface area contributed by atoms with Crippen molar-refractivity contribution in [2.75, 3.05) is 6.54 Å². The third-order valence-corrected chi connectivity index (χ3v) is 5.91. The van der Waals surface area contributed by atoms with Gasteiger partial charge in [-0.2, -0.15) is 5.26 Å². The van der Waals surface area contributed by atoms with Gasteiger partial charge in [-0.25, -0.2) is 4.79 Å². The zero-order valence-electron chi connectivity index (χ0n) is 23.4. The van der Waals surface area contributed by atoms with E-state index in [-0.39, 0.29) is 24.4 Å². The van der Waals surface area contributed by atoms with Crippen LogP contribution in [0.15, 0.2) is 18.2 Å². The van der Waals surface area contributed by atoms with Gasteiger partial charge in [0.15, 0.2) is 0 Å². The van der Waals surface area contributed by atoms with Crippen molar-refractivity contribution >= 4 is 17.9 Å². The fourth-order valence-electron chi connectivity index (χ4n) is 4.14. The third-order valence-electron chi connectivity index (χ3n) is 5.91. The Morgan fingerprint density at radius 1 is 1.06 bits per heavy atom. The molecule has 1 aromatic rings. The Morgan fingerprint density at radius 2 is 1.64 bits per heavy atom. The van der Waals surface area contributed by atoms with Crippen molar-refractivity contribution in [2.45, 2.75) is 105 Å². The maximum Gasteiger partial charge on any atom is 0.408 e. The second-order valence-electron chi connectivity index (χ2n) is 10.7. The monoisotopic (exact) mass is 500 g/mol. The molecule has 0 aliphatic rings. The van der Waals surface area contributed by atoms with Gasteiger partial charge < -0.3 is 20.3 Å². The first kappa shape index (κ1) is 31.0. The molecule has 200 valence electrons. The summed E-state index contributed by atoms with van der Waals surface area (Å²) in [6.07, 6.45) is 1.56. The number of ether oxygens (including phenoxy) is 1. The van der Waals surface area contributed by atoms with Crippen molar-refractivity contribution in [3.8, 4) is 6.07 Å². The lowest BCUT2D eigenvalue weighted by atomic mass is 9.94. The average molecular weight is 501 g/mol. The van der Waals surface area contributed by atoms with Gasteiger partial charge in [0.2, 0.25) is 11.8 Å². The van der Waals surface area contributed by atoms with Gasteiger partial charge in [0.05, 0.1) is 6.07 Å². The quantitative estimate of drug-likeness (QED) is 0.418. The molecule has 2 N–H and O–H groups in total. The number of amides is 3. The number of carbonyl (C=O) groups is 3. The SMILES string of the molecule is CCCC(C)NC(=O)C(c1cc(C)cc(C)c1)N(CC#N)C(=O)C(NC(=O)OC(C)(C)C)C(C)CC. The Labute approximate surface area is 216 Å². The van der Waals surface area contributed by atoms with Crippen molar-refractivity contribution in [3.63, 3.8) is 0 Å². The maximum atomic E-state index is 14.0. The van der Waals surface area contributed by atoms with Gasteiger partial charge in [-0.1, -0.05) is 62.9 Å². The smallest absolute Gasteiger partial charge is 0.408 e. The van der Waals surface area contributed by atoms with Gasteiger partial charge in [-0.05, 0) is 59.4 Å². The Balaban J connectivity index is 3.54. The predicted octanol–water partition coefficient (Wildman–Crippen LogP) is 4.94. The third kappa shape index (κ3) is 9.52. The summed E-state index contributed by atoms with van der Waals surface area (Å²) in [4.78, 5) is 41.5. The van der Waals surface area contributed by atoms with Crippen LogP contribution in [0.4, 0.5) is 4.79 Å². The minimum Gasteiger partial charge on any atom is -0.444 e. The maximum absolute atomic E-state index is 14.0. The molecule has 0 spiro atoms. The molecule has 0 bridgehead atoms. The van der Waals surface area contributed by atoms with Crippen LogP contribution in [0.2, 0.25) is 0 Å². The first-order valence-electron chi connectivity index (χ1n) is 12.8. The second-order valence-corrected chi connectivity index (χ2v) is 10.7. The van der Waals surface area contributed by atoms with Crippen LogP contribution in [0.3, 0.4) is 0 Å². The van der Waals surface area contributed by atoms with Crippen molar-refractivity contribution in [1.29, 1.82) is 5.26 Å². The fraction of sp³-hybridized carbons (Fsp3) is 0.643. The van der Waals surface area contributed by atoms with E-state index in [4.69, 9.17) is 4.74 Å².